The summed E-state index contributed by atoms with van der Waals surface area (Å²) in [6.07, 6.45) is 5.00. The molecule has 1 fully saturated rings. The van der Waals surface area contributed by atoms with E-state index in [-0.39, 0.29) is 6.10 Å². The molecule has 1 heterocycles. The number of nitrogens with zero attached hydrogens (tertiary/aromatic N) is 2. The Labute approximate surface area is 159 Å². The molecule has 2 N–H and O–H groups in total. The third-order valence-corrected chi connectivity index (χ3v) is 4.69. The summed E-state index contributed by atoms with van der Waals surface area (Å²) in [5.41, 5.74) is 0. The average molecular weight is 361 g/mol. The molecule has 5 heteroatoms. The molecule has 26 heavy (non-hydrogen) atoms. The van der Waals surface area contributed by atoms with Gasteiger partial charge in [0, 0.05) is 25.7 Å². The summed E-state index contributed by atoms with van der Waals surface area (Å²) in [5.74, 6) is 1.80. The number of hydrogen-bond donors (Lipinski definition) is 2. The molecule has 1 aliphatic heterocycles. The number of guanidine groups is 1. The molecule has 0 aromatic heterocycles. The van der Waals surface area contributed by atoms with E-state index in [0.29, 0.717) is 12.6 Å². The molecular weight excluding hydrogens is 324 g/mol. The van der Waals surface area contributed by atoms with Crippen molar-refractivity contribution >= 4 is 5.96 Å². The topological polar surface area (TPSA) is 48.9 Å². The van der Waals surface area contributed by atoms with E-state index in [1.807, 2.05) is 30.3 Å². The third kappa shape index (κ3) is 7.65. The minimum absolute atomic E-state index is 0.0451. The number of ether oxygens (including phenoxy) is 1. The lowest BCUT2D eigenvalue weighted by molar-refractivity contribution is 0.203. The van der Waals surface area contributed by atoms with Crippen molar-refractivity contribution in [1.82, 2.24) is 15.5 Å². The molecule has 0 bridgehead atoms. The van der Waals surface area contributed by atoms with Gasteiger partial charge in [-0.2, -0.15) is 0 Å². The standard InChI is InChI=1S/C21H36N4O/c1-4-6-14-25-15-12-19(13-16-25)24-21(22-5-2)23-17-18(3)26-20-10-8-7-9-11-20/h7-11,18-19H,4-6,12-17H2,1-3H3,(H2,22,23,24). The second-order valence-corrected chi connectivity index (χ2v) is 7.07. The van der Waals surface area contributed by atoms with E-state index in [1.165, 1.54) is 45.3 Å². The van der Waals surface area contributed by atoms with E-state index < -0.39 is 0 Å². The number of nitrogens with one attached hydrogen (secondary N) is 2. The van der Waals surface area contributed by atoms with Crippen LogP contribution in [0.5, 0.6) is 5.75 Å². The molecule has 1 aromatic carbocycles. The molecule has 0 saturated carbocycles. The molecule has 0 spiro atoms. The lowest BCUT2D eigenvalue weighted by Gasteiger charge is -2.33. The Hall–Kier alpha value is -1.75. The van der Waals surface area contributed by atoms with Crippen molar-refractivity contribution in [1.29, 1.82) is 0 Å². The predicted octanol–water partition coefficient (Wildman–Crippen LogP) is 3.27. The molecular formula is C21H36N4O. The molecule has 146 valence electrons. The van der Waals surface area contributed by atoms with Crippen LogP contribution in [0.1, 0.15) is 46.5 Å². The summed E-state index contributed by atoms with van der Waals surface area (Å²) in [6, 6.07) is 10.5. The number of likely N-dealkylation sites (tertiary alicyclic amines) is 1. The summed E-state index contributed by atoms with van der Waals surface area (Å²) in [6.45, 7) is 11.5. The van der Waals surface area contributed by atoms with E-state index in [0.717, 1.165) is 18.3 Å². The van der Waals surface area contributed by atoms with Crippen LogP contribution in [0.15, 0.2) is 35.3 Å². The smallest absolute Gasteiger partial charge is 0.191 e. The Morgan fingerprint density at radius 3 is 2.62 bits per heavy atom. The highest BCUT2D eigenvalue weighted by Gasteiger charge is 2.19. The maximum Gasteiger partial charge on any atom is 0.191 e. The van der Waals surface area contributed by atoms with Crippen molar-refractivity contribution in [3.8, 4) is 5.75 Å². The van der Waals surface area contributed by atoms with Gasteiger partial charge in [0.05, 0.1) is 6.54 Å². The fourth-order valence-corrected chi connectivity index (χ4v) is 3.18. The van der Waals surface area contributed by atoms with Crippen molar-refractivity contribution in [3.05, 3.63) is 30.3 Å². The normalized spacial score (nSPS) is 17.7. The average Bonchev–Trinajstić information content (AvgIpc) is 2.66. The van der Waals surface area contributed by atoms with Gasteiger partial charge in [-0.3, -0.25) is 0 Å². The van der Waals surface area contributed by atoms with Gasteiger partial charge < -0.3 is 20.3 Å². The van der Waals surface area contributed by atoms with Crippen LogP contribution in [0.2, 0.25) is 0 Å². The highest BCUT2D eigenvalue weighted by Crippen LogP contribution is 2.12. The zero-order chi connectivity index (χ0) is 18.6. The van der Waals surface area contributed by atoms with E-state index >= 15 is 0 Å². The van der Waals surface area contributed by atoms with Gasteiger partial charge >= 0.3 is 0 Å². The van der Waals surface area contributed by atoms with Crippen molar-refractivity contribution in [2.24, 2.45) is 4.99 Å². The number of para-hydroxylation sites is 1. The first-order valence-corrected chi connectivity index (χ1v) is 10.2. The molecule has 1 unspecified atom stereocenters. The lowest BCUT2D eigenvalue weighted by Crippen LogP contribution is -2.49. The van der Waals surface area contributed by atoms with E-state index in [9.17, 15) is 0 Å². The Bertz CT molecular complexity index is 512. The van der Waals surface area contributed by atoms with Gasteiger partial charge in [0.15, 0.2) is 5.96 Å². The molecule has 1 saturated heterocycles. The van der Waals surface area contributed by atoms with E-state index in [4.69, 9.17) is 9.73 Å². The number of benzene rings is 1. The number of piperidine rings is 1. The first kappa shape index (κ1) is 20.6. The highest BCUT2D eigenvalue weighted by atomic mass is 16.5. The second-order valence-electron chi connectivity index (χ2n) is 7.07. The first-order valence-electron chi connectivity index (χ1n) is 10.2. The predicted molar refractivity (Wildman–Crippen MR) is 110 cm³/mol. The Morgan fingerprint density at radius 1 is 1.23 bits per heavy atom. The monoisotopic (exact) mass is 360 g/mol. The molecule has 0 radical (unpaired) electrons. The molecule has 0 amide bonds. The van der Waals surface area contributed by atoms with Crippen LogP contribution in [0.25, 0.3) is 0 Å². The van der Waals surface area contributed by atoms with Gasteiger partial charge in [-0.1, -0.05) is 31.5 Å². The van der Waals surface area contributed by atoms with Crippen LogP contribution < -0.4 is 15.4 Å². The maximum absolute atomic E-state index is 5.92. The molecule has 1 aromatic rings. The van der Waals surface area contributed by atoms with Crippen LogP contribution >= 0.6 is 0 Å². The van der Waals surface area contributed by atoms with Gasteiger partial charge in [0.25, 0.3) is 0 Å². The minimum atomic E-state index is 0.0451. The van der Waals surface area contributed by atoms with Crippen LogP contribution in [-0.4, -0.2) is 55.7 Å². The van der Waals surface area contributed by atoms with Crippen molar-refractivity contribution in [2.75, 3.05) is 32.7 Å². The van der Waals surface area contributed by atoms with Gasteiger partial charge in [-0.25, -0.2) is 4.99 Å². The van der Waals surface area contributed by atoms with Crippen LogP contribution in [0, 0.1) is 0 Å². The second kappa shape index (κ2) is 11.8. The minimum Gasteiger partial charge on any atom is -0.489 e. The highest BCUT2D eigenvalue weighted by molar-refractivity contribution is 5.80. The molecule has 1 atom stereocenters. The molecule has 0 aliphatic carbocycles. The van der Waals surface area contributed by atoms with Crippen LogP contribution in [-0.2, 0) is 0 Å². The van der Waals surface area contributed by atoms with Crippen LogP contribution in [0.3, 0.4) is 0 Å². The molecule has 2 rings (SSSR count). The quantitative estimate of drug-likeness (QED) is 0.524. The number of rotatable bonds is 9. The first-order chi connectivity index (χ1) is 12.7. The van der Waals surface area contributed by atoms with Gasteiger partial charge in [-0.05, 0) is 51.8 Å². The summed E-state index contributed by atoms with van der Waals surface area (Å²) >= 11 is 0. The fourth-order valence-electron chi connectivity index (χ4n) is 3.18. The summed E-state index contributed by atoms with van der Waals surface area (Å²) in [4.78, 5) is 7.31. The zero-order valence-corrected chi connectivity index (χ0v) is 16.7. The molecule has 5 nitrogen and oxygen atoms in total. The fraction of sp³-hybridized carbons (Fsp3) is 0.667. The lowest BCUT2D eigenvalue weighted by atomic mass is 10.0. The van der Waals surface area contributed by atoms with Crippen LogP contribution in [0.4, 0.5) is 0 Å². The van der Waals surface area contributed by atoms with Crippen molar-refractivity contribution < 1.29 is 4.74 Å². The molecule has 1 aliphatic rings. The third-order valence-electron chi connectivity index (χ3n) is 4.69. The number of hydrogen-bond acceptors (Lipinski definition) is 3. The Kier molecular flexibility index (Phi) is 9.32. The van der Waals surface area contributed by atoms with Crippen molar-refractivity contribution in [3.63, 3.8) is 0 Å². The maximum atomic E-state index is 5.92. The summed E-state index contributed by atoms with van der Waals surface area (Å²) in [7, 11) is 0. The summed E-state index contributed by atoms with van der Waals surface area (Å²) < 4.78 is 5.92. The van der Waals surface area contributed by atoms with Gasteiger partial charge in [0.2, 0.25) is 0 Å². The SMILES string of the molecule is CCCCN1CCC(NC(=NCC(C)Oc2ccccc2)NCC)CC1. The Balaban J connectivity index is 1.77. The number of aliphatic imine (C=N–C) groups is 1. The van der Waals surface area contributed by atoms with Gasteiger partial charge in [-0.15, -0.1) is 0 Å². The zero-order valence-electron chi connectivity index (χ0n) is 16.7. The van der Waals surface area contributed by atoms with Gasteiger partial charge in [0.1, 0.15) is 11.9 Å². The largest absolute Gasteiger partial charge is 0.489 e. The van der Waals surface area contributed by atoms with Crippen molar-refractivity contribution in [2.45, 2.75) is 58.6 Å². The summed E-state index contributed by atoms with van der Waals surface area (Å²) in [5, 5.41) is 6.97. The number of unbranched alkanes of at least 4 members (excludes halogenated alkanes) is 1. The Morgan fingerprint density at radius 2 is 1.96 bits per heavy atom. The van der Waals surface area contributed by atoms with E-state index in [2.05, 4.69) is 36.3 Å². The van der Waals surface area contributed by atoms with E-state index in [1.54, 1.807) is 0 Å².